The van der Waals surface area contributed by atoms with Gasteiger partial charge in [-0.2, -0.15) is 0 Å². The minimum absolute atomic E-state index is 0.0301. The second kappa shape index (κ2) is 4.67. The fraction of sp³-hybridized carbons (Fsp3) is 0.667. The summed E-state index contributed by atoms with van der Waals surface area (Å²) in [4.78, 5) is 12.1. The maximum Gasteiger partial charge on any atom is 0.311 e. The lowest BCUT2D eigenvalue weighted by Crippen LogP contribution is -2.45. The third-order valence-corrected chi connectivity index (χ3v) is 4.69. The lowest BCUT2D eigenvalue weighted by molar-refractivity contribution is -0.159. The summed E-state index contributed by atoms with van der Waals surface area (Å²) in [5, 5.41) is 0. The van der Waals surface area contributed by atoms with Crippen molar-refractivity contribution in [2.45, 2.75) is 39.0 Å². The van der Waals surface area contributed by atoms with E-state index in [0.717, 1.165) is 25.7 Å². The number of allylic oxidation sites excluding steroid dienone is 3. The maximum absolute atomic E-state index is 12.1. The summed E-state index contributed by atoms with van der Waals surface area (Å²) in [7, 11) is 1.50. The molecule has 1 saturated carbocycles. The standard InChI is InChI=1S/C15H22O2/c1-4-11-7-5-9-13-12(11)8-6-10-15(13,2)14(16)17-3/h4,7,12-13H,1,5-6,8-10H2,2-3H3/t12?,13?,15-/m1/s1. The fourth-order valence-electron chi connectivity index (χ4n) is 3.74. The predicted molar refractivity (Wildman–Crippen MR) is 68.5 cm³/mol. The van der Waals surface area contributed by atoms with Crippen LogP contribution in [0, 0.1) is 17.3 Å². The summed E-state index contributed by atoms with van der Waals surface area (Å²) < 4.78 is 5.03. The van der Waals surface area contributed by atoms with Gasteiger partial charge >= 0.3 is 5.97 Å². The summed E-state index contributed by atoms with van der Waals surface area (Å²) in [5.41, 5.74) is 1.05. The Labute approximate surface area is 104 Å². The van der Waals surface area contributed by atoms with Crippen molar-refractivity contribution < 1.29 is 9.53 Å². The Kier molecular flexibility index (Phi) is 3.41. The molecule has 0 bridgehead atoms. The van der Waals surface area contributed by atoms with Gasteiger partial charge in [-0.25, -0.2) is 0 Å². The van der Waals surface area contributed by atoms with Crippen molar-refractivity contribution in [3.8, 4) is 0 Å². The molecule has 0 N–H and O–H groups in total. The number of esters is 1. The zero-order valence-corrected chi connectivity index (χ0v) is 10.9. The highest BCUT2D eigenvalue weighted by atomic mass is 16.5. The van der Waals surface area contributed by atoms with Crippen molar-refractivity contribution in [2.24, 2.45) is 17.3 Å². The molecule has 0 aromatic heterocycles. The van der Waals surface area contributed by atoms with Crippen LogP contribution < -0.4 is 0 Å². The molecule has 0 radical (unpaired) electrons. The highest BCUT2D eigenvalue weighted by molar-refractivity contribution is 5.77. The first-order valence-electron chi connectivity index (χ1n) is 6.54. The normalized spacial score (nSPS) is 36.7. The number of fused-ring (bicyclic) bond motifs is 1. The molecule has 0 aromatic carbocycles. The van der Waals surface area contributed by atoms with Crippen molar-refractivity contribution in [1.82, 2.24) is 0 Å². The summed E-state index contributed by atoms with van der Waals surface area (Å²) in [6.45, 7) is 5.99. The van der Waals surface area contributed by atoms with Gasteiger partial charge < -0.3 is 4.74 Å². The van der Waals surface area contributed by atoms with Crippen LogP contribution in [0.5, 0.6) is 0 Å². The monoisotopic (exact) mass is 234 g/mol. The molecule has 2 nitrogen and oxygen atoms in total. The van der Waals surface area contributed by atoms with Gasteiger partial charge in [0.1, 0.15) is 0 Å². The second-order valence-electron chi connectivity index (χ2n) is 5.50. The number of rotatable bonds is 2. The van der Waals surface area contributed by atoms with Gasteiger partial charge in [-0.1, -0.05) is 25.2 Å². The van der Waals surface area contributed by atoms with E-state index in [1.54, 1.807) is 0 Å². The first kappa shape index (κ1) is 12.4. The number of hydrogen-bond acceptors (Lipinski definition) is 2. The summed E-state index contributed by atoms with van der Waals surface area (Å²) in [6, 6.07) is 0. The van der Waals surface area contributed by atoms with Crippen molar-refractivity contribution >= 4 is 5.97 Å². The minimum atomic E-state index is -0.291. The molecule has 2 heteroatoms. The Morgan fingerprint density at radius 2 is 2.35 bits per heavy atom. The molecular weight excluding hydrogens is 212 g/mol. The number of carbonyl (C=O) groups excluding carboxylic acids is 1. The molecule has 2 unspecified atom stereocenters. The fourth-order valence-corrected chi connectivity index (χ4v) is 3.74. The van der Waals surface area contributed by atoms with Crippen LogP contribution in [-0.2, 0) is 9.53 Å². The van der Waals surface area contributed by atoms with E-state index in [-0.39, 0.29) is 11.4 Å². The van der Waals surface area contributed by atoms with E-state index < -0.39 is 0 Å². The summed E-state index contributed by atoms with van der Waals surface area (Å²) >= 11 is 0. The smallest absolute Gasteiger partial charge is 0.311 e. The lowest BCUT2D eigenvalue weighted by atomic mass is 9.57. The van der Waals surface area contributed by atoms with Crippen molar-refractivity contribution in [3.63, 3.8) is 0 Å². The molecule has 0 aliphatic heterocycles. The first-order chi connectivity index (χ1) is 8.13. The molecule has 1 fully saturated rings. The maximum atomic E-state index is 12.1. The highest BCUT2D eigenvalue weighted by Crippen LogP contribution is 2.51. The van der Waals surface area contributed by atoms with Crippen molar-refractivity contribution in [2.75, 3.05) is 7.11 Å². The molecule has 0 aromatic rings. The Morgan fingerprint density at radius 3 is 3.00 bits per heavy atom. The molecule has 2 aliphatic carbocycles. The van der Waals surface area contributed by atoms with Crippen molar-refractivity contribution in [3.05, 3.63) is 24.3 Å². The molecule has 2 rings (SSSR count). The van der Waals surface area contributed by atoms with Crippen LogP contribution in [0.15, 0.2) is 24.3 Å². The van der Waals surface area contributed by atoms with Crippen LogP contribution in [-0.4, -0.2) is 13.1 Å². The minimum Gasteiger partial charge on any atom is -0.469 e. The van der Waals surface area contributed by atoms with Gasteiger partial charge in [0, 0.05) is 0 Å². The molecule has 0 spiro atoms. The zero-order chi connectivity index (χ0) is 12.5. The molecule has 94 valence electrons. The Hall–Kier alpha value is -1.05. The van der Waals surface area contributed by atoms with E-state index in [4.69, 9.17) is 4.74 Å². The second-order valence-corrected chi connectivity index (χ2v) is 5.50. The van der Waals surface area contributed by atoms with Gasteiger partial charge in [-0.05, 0) is 50.0 Å². The van der Waals surface area contributed by atoms with Crippen LogP contribution in [0.4, 0.5) is 0 Å². The van der Waals surface area contributed by atoms with Gasteiger partial charge in [0.05, 0.1) is 12.5 Å². The molecule has 3 atom stereocenters. The van der Waals surface area contributed by atoms with Gasteiger partial charge in [0.2, 0.25) is 0 Å². The molecule has 2 aliphatic rings. The third-order valence-electron chi connectivity index (χ3n) is 4.69. The quantitative estimate of drug-likeness (QED) is 0.684. The number of ether oxygens (including phenoxy) is 1. The Balaban J connectivity index is 2.30. The average molecular weight is 234 g/mol. The number of carbonyl (C=O) groups is 1. The van der Waals surface area contributed by atoms with Crippen LogP contribution >= 0.6 is 0 Å². The van der Waals surface area contributed by atoms with Crippen LogP contribution in [0.1, 0.15) is 39.0 Å². The SMILES string of the molecule is C=CC1=CCCC2C1CCC[C@@]2(C)C(=O)OC. The molecule has 0 saturated heterocycles. The number of hydrogen-bond donors (Lipinski definition) is 0. The van der Waals surface area contributed by atoms with Gasteiger partial charge in [0.25, 0.3) is 0 Å². The van der Waals surface area contributed by atoms with Gasteiger partial charge in [0.15, 0.2) is 0 Å². The van der Waals surface area contributed by atoms with Gasteiger partial charge in [-0.15, -0.1) is 0 Å². The predicted octanol–water partition coefficient (Wildman–Crippen LogP) is 3.49. The molecule has 0 amide bonds. The van der Waals surface area contributed by atoms with Crippen LogP contribution in [0.25, 0.3) is 0 Å². The third kappa shape index (κ3) is 1.94. The number of methoxy groups -OCH3 is 1. The van der Waals surface area contributed by atoms with E-state index in [2.05, 4.69) is 19.6 Å². The Morgan fingerprint density at radius 1 is 1.59 bits per heavy atom. The highest BCUT2D eigenvalue weighted by Gasteiger charge is 2.49. The van der Waals surface area contributed by atoms with Crippen LogP contribution in [0.2, 0.25) is 0 Å². The summed E-state index contributed by atoms with van der Waals surface area (Å²) in [5.74, 6) is 0.915. The summed E-state index contributed by atoms with van der Waals surface area (Å²) in [6.07, 6.45) is 9.69. The first-order valence-corrected chi connectivity index (χ1v) is 6.54. The topological polar surface area (TPSA) is 26.3 Å². The van der Waals surface area contributed by atoms with E-state index in [1.807, 2.05) is 6.08 Å². The van der Waals surface area contributed by atoms with E-state index in [1.165, 1.54) is 19.1 Å². The Bertz CT molecular complexity index is 356. The molecule has 17 heavy (non-hydrogen) atoms. The van der Waals surface area contributed by atoms with Crippen LogP contribution in [0.3, 0.4) is 0 Å². The largest absolute Gasteiger partial charge is 0.469 e. The van der Waals surface area contributed by atoms with Crippen molar-refractivity contribution in [1.29, 1.82) is 0 Å². The van der Waals surface area contributed by atoms with E-state index in [0.29, 0.717) is 11.8 Å². The van der Waals surface area contributed by atoms with E-state index >= 15 is 0 Å². The molecule has 0 heterocycles. The zero-order valence-electron chi connectivity index (χ0n) is 10.9. The van der Waals surface area contributed by atoms with Gasteiger partial charge in [-0.3, -0.25) is 4.79 Å². The lowest BCUT2D eigenvalue weighted by Gasteiger charge is -2.46. The molecular formula is C15H22O2. The average Bonchev–Trinajstić information content (AvgIpc) is 2.37. The van der Waals surface area contributed by atoms with E-state index in [9.17, 15) is 4.79 Å².